The largest absolute Gasteiger partial charge is 0.507 e. The maximum absolute atomic E-state index is 13.9. The number of aliphatic hydroxyl groups excluding tert-OH is 1. The number of thiazole rings is 1. The highest BCUT2D eigenvalue weighted by molar-refractivity contribution is 7.22. The Balaban J connectivity index is 1.65. The van der Waals surface area contributed by atoms with Gasteiger partial charge in [-0.1, -0.05) is 67.1 Å². The van der Waals surface area contributed by atoms with Gasteiger partial charge in [0.05, 0.1) is 28.4 Å². The Labute approximate surface area is 224 Å². The van der Waals surface area contributed by atoms with Crippen molar-refractivity contribution in [2.75, 3.05) is 11.5 Å². The number of hydrogen-bond acceptors (Lipinski definition) is 6. The first kappa shape index (κ1) is 25.6. The molecule has 1 fully saturated rings. The first-order valence-corrected chi connectivity index (χ1v) is 13.2. The molecule has 1 aliphatic heterocycles. The molecule has 1 aliphatic rings. The van der Waals surface area contributed by atoms with Crippen molar-refractivity contribution in [3.63, 3.8) is 0 Å². The number of benzene rings is 3. The van der Waals surface area contributed by atoms with E-state index in [-0.39, 0.29) is 16.5 Å². The third-order valence-corrected chi connectivity index (χ3v) is 7.47. The van der Waals surface area contributed by atoms with Gasteiger partial charge in [-0.2, -0.15) is 0 Å². The molecule has 5 rings (SSSR count). The molecule has 1 saturated heterocycles. The number of rotatable bonds is 7. The zero-order chi connectivity index (χ0) is 27.0. The Morgan fingerprint density at radius 1 is 1.11 bits per heavy atom. The molecule has 1 amide bonds. The fraction of sp³-hybridized carbons (Fsp3) is 0.233. The van der Waals surface area contributed by atoms with Crippen LogP contribution in [0.15, 0.2) is 72.3 Å². The number of aryl methyl sites for hydroxylation is 1. The molecule has 1 N–H and O–H groups in total. The summed E-state index contributed by atoms with van der Waals surface area (Å²) < 4.78 is 20.4. The van der Waals surface area contributed by atoms with Gasteiger partial charge in [0.1, 0.15) is 17.3 Å². The van der Waals surface area contributed by atoms with Crippen molar-refractivity contribution in [1.82, 2.24) is 4.98 Å². The number of halogens is 1. The summed E-state index contributed by atoms with van der Waals surface area (Å²) in [5, 5.41) is 11.6. The van der Waals surface area contributed by atoms with Crippen molar-refractivity contribution >= 4 is 44.1 Å². The lowest BCUT2D eigenvalue weighted by atomic mass is 9.95. The minimum Gasteiger partial charge on any atom is -0.507 e. The van der Waals surface area contributed by atoms with Crippen LogP contribution in [0, 0.1) is 18.7 Å². The summed E-state index contributed by atoms with van der Waals surface area (Å²) in [5.74, 6) is -1.25. The van der Waals surface area contributed by atoms with Crippen LogP contribution >= 0.6 is 11.3 Å². The van der Waals surface area contributed by atoms with Crippen molar-refractivity contribution < 1.29 is 23.8 Å². The van der Waals surface area contributed by atoms with Gasteiger partial charge in [0.25, 0.3) is 5.78 Å². The molecule has 0 bridgehead atoms. The van der Waals surface area contributed by atoms with Gasteiger partial charge in [-0.3, -0.25) is 14.5 Å². The third-order valence-electron chi connectivity index (χ3n) is 6.45. The summed E-state index contributed by atoms with van der Waals surface area (Å²) in [5.41, 5.74) is 2.48. The van der Waals surface area contributed by atoms with E-state index in [0.29, 0.717) is 39.6 Å². The van der Waals surface area contributed by atoms with E-state index < -0.39 is 23.5 Å². The first-order valence-electron chi connectivity index (χ1n) is 12.4. The molecule has 4 aromatic rings. The van der Waals surface area contributed by atoms with E-state index in [9.17, 15) is 19.1 Å². The number of aromatic nitrogens is 1. The third kappa shape index (κ3) is 4.91. The van der Waals surface area contributed by atoms with Gasteiger partial charge in [-0.15, -0.1) is 0 Å². The molecule has 0 spiro atoms. The molecular weight excluding hydrogens is 503 g/mol. The first-order chi connectivity index (χ1) is 18.2. The zero-order valence-corrected chi connectivity index (χ0v) is 22.1. The molecule has 3 aromatic carbocycles. The summed E-state index contributed by atoms with van der Waals surface area (Å²) >= 11 is 1.11. The van der Waals surface area contributed by atoms with Gasteiger partial charge in [-0.25, -0.2) is 9.37 Å². The van der Waals surface area contributed by atoms with Crippen LogP contribution in [0.2, 0.25) is 0 Å². The second kappa shape index (κ2) is 10.4. The molecule has 0 radical (unpaired) electrons. The Bertz CT molecular complexity index is 1560. The monoisotopic (exact) mass is 530 g/mol. The Morgan fingerprint density at radius 3 is 2.61 bits per heavy atom. The summed E-state index contributed by atoms with van der Waals surface area (Å²) in [7, 11) is 0. The Hall–Kier alpha value is -4.04. The highest BCUT2D eigenvalue weighted by Gasteiger charge is 2.48. The number of aliphatic hydroxyl groups is 1. The molecule has 194 valence electrons. The van der Waals surface area contributed by atoms with E-state index in [4.69, 9.17) is 4.74 Å². The van der Waals surface area contributed by atoms with Gasteiger partial charge in [0.15, 0.2) is 5.13 Å². The number of Topliss-reactive ketones (excluding diaryl/α,β-unsaturated/α-hetero) is 1. The number of amides is 1. The van der Waals surface area contributed by atoms with Crippen LogP contribution in [-0.2, 0) is 9.59 Å². The van der Waals surface area contributed by atoms with Gasteiger partial charge >= 0.3 is 5.91 Å². The lowest BCUT2D eigenvalue weighted by molar-refractivity contribution is -0.132. The van der Waals surface area contributed by atoms with Crippen molar-refractivity contribution in [2.24, 2.45) is 5.92 Å². The predicted molar refractivity (Wildman–Crippen MR) is 147 cm³/mol. The Kier molecular flexibility index (Phi) is 6.99. The SMILES string of the molecule is Cc1ccc(/C(O)=C2\C(=O)C(=O)N(c3nc4ccc(F)cc4s3)C2c2cccc(OCCC(C)C)c2)cc1. The average Bonchev–Trinajstić information content (AvgIpc) is 3.41. The van der Waals surface area contributed by atoms with E-state index >= 15 is 0 Å². The predicted octanol–water partition coefficient (Wildman–Crippen LogP) is 6.80. The zero-order valence-electron chi connectivity index (χ0n) is 21.3. The summed E-state index contributed by atoms with van der Waals surface area (Å²) in [6.45, 7) is 6.67. The van der Waals surface area contributed by atoms with Crippen LogP contribution in [0.1, 0.15) is 43.0 Å². The molecule has 1 unspecified atom stereocenters. The Morgan fingerprint density at radius 2 is 1.87 bits per heavy atom. The van der Waals surface area contributed by atoms with Gasteiger partial charge in [0, 0.05) is 5.56 Å². The summed E-state index contributed by atoms with van der Waals surface area (Å²) in [4.78, 5) is 32.7. The molecule has 0 saturated carbocycles. The molecule has 1 aromatic heterocycles. The molecular formula is C30H27FN2O4S. The number of carbonyl (C=O) groups excluding carboxylic acids is 2. The fourth-order valence-electron chi connectivity index (χ4n) is 4.39. The normalized spacial score (nSPS) is 17.1. The molecule has 8 heteroatoms. The topological polar surface area (TPSA) is 79.7 Å². The van der Waals surface area contributed by atoms with Gasteiger partial charge in [0.2, 0.25) is 0 Å². The maximum atomic E-state index is 13.9. The van der Waals surface area contributed by atoms with E-state index in [1.807, 2.05) is 25.1 Å². The van der Waals surface area contributed by atoms with Crippen LogP contribution in [0.4, 0.5) is 9.52 Å². The molecule has 1 atom stereocenters. The van der Waals surface area contributed by atoms with E-state index in [2.05, 4.69) is 18.8 Å². The van der Waals surface area contributed by atoms with Crippen molar-refractivity contribution in [3.8, 4) is 5.75 Å². The van der Waals surface area contributed by atoms with Crippen molar-refractivity contribution in [2.45, 2.75) is 33.2 Å². The quantitative estimate of drug-likeness (QED) is 0.162. The smallest absolute Gasteiger partial charge is 0.301 e. The van der Waals surface area contributed by atoms with E-state index in [0.717, 1.165) is 23.3 Å². The number of nitrogens with zero attached hydrogens (tertiary/aromatic N) is 2. The van der Waals surface area contributed by atoms with Gasteiger partial charge in [-0.05, 0) is 55.2 Å². The summed E-state index contributed by atoms with van der Waals surface area (Å²) in [6, 6.07) is 17.5. The van der Waals surface area contributed by atoms with Crippen LogP contribution in [0.25, 0.3) is 16.0 Å². The lowest BCUT2D eigenvalue weighted by Gasteiger charge is -2.23. The van der Waals surface area contributed by atoms with Crippen LogP contribution in [0.3, 0.4) is 0 Å². The highest BCUT2D eigenvalue weighted by atomic mass is 32.1. The molecule has 6 nitrogen and oxygen atoms in total. The van der Waals surface area contributed by atoms with Crippen molar-refractivity contribution in [3.05, 3.63) is 94.8 Å². The van der Waals surface area contributed by atoms with Crippen molar-refractivity contribution in [1.29, 1.82) is 0 Å². The van der Waals surface area contributed by atoms with E-state index in [1.165, 1.54) is 23.1 Å². The number of ether oxygens (including phenoxy) is 1. The minimum atomic E-state index is -0.949. The van der Waals surface area contributed by atoms with Crippen LogP contribution < -0.4 is 9.64 Å². The highest BCUT2D eigenvalue weighted by Crippen LogP contribution is 2.45. The number of carbonyl (C=O) groups is 2. The van der Waals surface area contributed by atoms with Crippen LogP contribution in [-0.4, -0.2) is 28.4 Å². The number of anilines is 1. The molecule has 0 aliphatic carbocycles. The standard InChI is InChI=1S/C30H27FN2O4S/c1-17(2)13-14-37-22-6-4-5-20(15-22)26-25(27(34)19-9-7-18(3)8-10-19)28(35)29(36)33(26)30-32-23-12-11-21(31)16-24(23)38-30/h4-12,15-17,26,34H,13-14H2,1-3H3/b27-25+. The number of hydrogen-bond donors (Lipinski definition) is 1. The number of fused-ring (bicyclic) bond motifs is 1. The summed E-state index contributed by atoms with van der Waals surface area (Å²) in [6.07, 6.45) is 0.873. The average molecular weight is 531 g/mol. The second-order valence-corrected chi connectivity index (χ2v) is 10.8. The van der Waals surface area contributed by atoms with E-state index in [1.54, 1.807) is 30.3 Å². The van der Waals surface area contributed by atoms with Gasteiger partial charge < -0.3 is 9.84 Å². The maximum Gasteiger partial charge on any atom is 0.301 e. The lowest BCUT2D eigenvalue weighted by Crippen LogP contribution is -2.29. The number of ketones is 1. The molecule has 38 heavy (non-hydrogen) atoms. The molecule has 2 heterocycles. The second-order valence-electron chi connectivity index (χ2n) is 9.75. The fourth-order valence-corrected chi connectivity index (χ4v) is 5.41. The minimum absolute atomic E-state index is 0.0383. The van der Waals surface area contributed by atoms with Crippen LogP contribution in [0.5, 0.6) is 5.75 Å².